The van der Waals surface area contributed by atoms with Crippen molar-refractivity contribution in [1.29, 1.82) is 0 Å². The maximum Gasteiger partial charge on any atom is 0.160 e. The van der Waals surface area contributed by atoms with Crippen molar-refractivity contribution in [2.45, 2.75) is 29.2 Å². The molecule has 3 aromatic rings. The minimum Gasteiger partial charge on any atom is -0.508 e. The van der Waals surface area contributed by atoms with Crippen LogP contribution in [0.25, 0.3) is 0 Å². The van der Waals surface area contributed by atoms with E-state index in [2.05, 4.69) is 0 Å². The van der Waals surface area contributed by atoms with Crippen molar-refractivity contribution in [2.75, 3.05) is 0 Å². The fourth-order valence-electron chi connectivity index (χ4n) is 3.43. The first-order chi connectivity index (χ1) is 12.5. The van der Waals surface area contributed by atoms with Crippen molar-refractivity contribution >= 4 is 24.2 Å². The number of fused-ring (bicyclic) bond motifs is 1. The zero-order valence-electron chi connectivity index (χ0n) is 14.3. The second-order valence-electron chi connectivity index (χ2n) is 6.46. The summed E-state index contributed by atoms with van der Waals surface area (Å²) in [6, 6.07) is 19.2. The monoisotopic (exact) mass is 384 g/mol. The van der Waals surface area contributed by atoms with Crippen LogP contribution in [0.15, 0.2) is 70.5 Å². The number of hydrogen-bond acceptors (Lipinski definition) is 4. The molecule has 5 heteroatoms. The van der Waals surface area contributed by atoms with Gasteiger partial charge in [0.2, 0.25) is 0 Å². The highest BCUT2D eigenvalue weighted by molar-refractivity contribution is 7.95. The Hall–Kier alpha value is -1.95. The van der Waals surface area contributed by atoms with Gasteiger partial charge >= 0.3 is 0 Å². The van der Waals surface area contributed by atoms with Crippen LogP contribution < -0.4 is 0 Å². The summed E-state index contributed by atoms with van der Waals surface area (Å²) in [5.41, 5.74) is 3.69. The van der Waals surface area contributed by atoms with Crippen molar-refractivity contribution in [3.05, 3.63) is 88.5 Å². The molecule has 1 atom stereocenters. The van der Waals surface area contributed by atoms with E-state index in [9.17, 15) is 8.99 Å². The number of phenols is 1. The van der Waals surface area contributed by atoms with E-state index < -0.39 is 5.60 Å². The Morgan fingerprint density at radius 1 is 1.00 bits per heavy atom. The number of aromatic hydroxyl groups is 1. The second kappa shape index (κ2) is 6.65. The summed E-state index contributed by atoms with van der Waals surface area (Å²) >= 11 is 1.57. The Morgan fingerprint density at radius 2 is 1.81 bits per heavy atom. The van der Waals surface area contributed by atoms with Gasteiger partial charge in [0.1, 0.15) is 5.75 Å². The number of halogens is 1. The third-order valence-electron chi connectivity index (χ3n) is 4.67. The first-order valence-corrected chi connectivity index (χ1v) is 9.66. The van der Waals surface area contributed by atoms with Crippen LogP contribution in [0.3, 0.4) is 0 Å². The number of phenolic OH excluding ortho intramolecular Hbond substituents is 1. The van der Waals surface area contributed by atoms with E-state index in [1.54, 1.807) is 6.07 Å². The lowest BCUT2D eigenvalue weighted by molar-refractivity contribution is 0.204. The van der Waals surface area contributed by atoms with Crippen LogP contribution in [-0.4, -0.2) is 5.11 Å². The molecule has 0 spiro atoms. The van der Waals surface area contributed by atoms with Gasteiger partial charge in [-0.2, -0.15) is 3.89 Å². The Bertz CT molecular complexity index is 989. The number of benzene rings is 3. The maximum absolute atomic E-state index is 13.4. The standard InChI is InChI=1S/C21H17FO2S2/c1-13-9-16(12-17(10-13)25-22)21(15-7-8-19(23)14(2)11-15)18-5-3-4-6-20(18)26-24-21/h3-12,23H,1-2H3. The van der Waals surface area contributed by atoms with Gasteiger partial charge in [-0.05, 0) is 66.4 Å². The fourth-order valence-corrected chi connectivity index (χ4v) is 4.76. The molecule has 2 nitrogen and oxygen atoms in total. The Morgan fingerprint density at radius 3 is 2.58 bits per heavy atom. The zero-order valence-corrected chi connectivity index (χ0v) is 16.0. The predicted molar refractivity (Wildman–Crippen MR) is 104 cm³/mol. The van der Waals surface area contributed by atoms with E-state index in [1.165, 1.54) is 12.0 Å². The molecule has 0 saturated carbocycles. The van der Waals surface area contributed by atoms with Crippen LogP contribution in [-0.2, 0) is 9.78 Å². The van der Waals surface area contributed by atoms with E-state index in [4.69, 9.17) is 4.18 Å². The van der Waals surface area contributed by atoms with Gasteiger partial charge in [0.05, 0.1) is 12.1 Å². The quantitative estimate of drug-likeness (QED) is 0.536. The molecule has 0 fully saturated rings. The third-order valence-corrected chi connectivity index (χ3v) is 5.96. The predicted octanol–water partition coefficient (Wildman–Crippen LogP) is 6.31. The largest absolute Gasteiger partial charge is 0.508 e. The van der Waals surface area contributed by atoms with Gasteiger partial charge in [0.25, 0.3) is 0 Å². The van der Waals surface area contributed by atoms with E-state index in [1.807, 2.05) is 68.4 Å². The van der Waals surface area contributed by atoms with Crippen LogP contribution in [0.5, 0.6) is 5.75 Å². The molecule has 132 valence electrons. The topological polar surface area (TPSA) is 29.5 Å². The molecule has 1 N–H and O–H groups in total. The van der Waals surface area contributed by atoms with E-state index in [0.29, 0.717) is 4.90 Å². The molecular weight excluding hydrogens is 367 g/mol. The third kappa shape index (κ3) is 2.71. The van der Waals surface area contributed by atoms with Crippen molar-refractivity contribution in [3.8, 4) is 5.75 Å². The number of hydrogen-bond donors (Lipinski definition) is 1. The average molecular weight is 384 g/mol. The van der Waals surface area contributed by atoms with Crippen LogP contribution in [0.2, 0.25) is 0 Å². The van der Waals surface area contributed by atoms with Crippen LogP contribution >= 0.6 is 24.2 Å². The molecule has 0 aromatic heterocycles. The first-order valence-electron chi connectivity index (χ1n) is 8.20. The van der Waals surface area contributed by atoms with Crippen LogP contribution in [0, 0.1) is 13.8 Å². The van der Waals surface area contributed by atoms with Crippen LogP contribution in [0.4, 0.5) is 3.89 Å². The van der Waals surface area contributed by atoms with E-state index in [0.717, 1.165) is 32.7 Å². The van der Waals surface area contributed by atoms with Gasteiger partial charge in [-0.1, -0.05) is 30.3 Å². The molecule has 0 radical (unpaired) electrons. The molecular formula is C21H17FO2S2. The van der Waals surface area contributed by atoms with E-state index >= 15 is 0 Å². The maximum atomic E-state index is 13.4. The highest BCUT2D eigenvalue weighted by Gasteiger charge is 2.45. The van der Waals surface area contributed by atoms with Crippen molar-refractivity contribution < 1.29 is 13.2 Å². The number of aryl methyl sites for hydroxylation is 2. The fraction of sp³-hybridized carbons (Fsp3) is 0.143. The molecule has 26 heavy (non-hydrogen) atoms. The lowest BCUT2D eigenvalue weighted by atomic mass is 9.79. The summed E-state index contributed by atoms with van der Waals surface area (Å²) in [6.07, 6.45) is 0. The molecule has 3 aromatic carbocycles. The summed E-state index contributed by atoms with van der Waals surface area (Å²) < 4.78 is 19.7. The summed E-state index contributed by atoms with van der Waals surface area (Å²) in [5.74, 6) is 0.243. The van der Waals surface area contributed by atoms with Crippen molar-refractivity contribution in [3.63, 3.8) is 0 Å². The SMILES string of the molecule is Cc1cc(SF)cc(C2(c3ccc(O)c(C)c3)OSc3ccccc32)c1. The molecule has 0 bridgehead atoms. The van der Waals surface area contributed by atoms with E-state index in [-0.39, 0.29) is 17.9 Å². The lowest BCUT2D eigenvalue weighted by Gasteiger charge is -2.30. The van der Waals surface area contributed by atoms with Gasteiger partial charge in [0.15, 0.2) is 5.60 Å². The minimum atomic E-state index is -0.851. The summed E-state index contributed by atoms with van der Waals surface area (Å²) in [5, 5.41) is 9.96. The normalized spacial score (nSPS) is 18.7. The molecule has 1 aliphatic rings. The highest BCUT2D eigenvalue weighted by atomic mass is 32.2. The Labute approximate surface area is 160 Å². The highest BCUT2D eigenvalue weighted by Crippen LogP contribution is 2.54. The van der Waals surface area contributed by atoms with Gasteiger partial charge in [-0.25, -0.2) is 0 Å². The molecule has 0 saturated heterocycles. The van der Waals surface area contributed by atoms with Crippen LogP contribution in [0.1, 0.15) is 27.8 Å². The lowest BCUT2D eigenvalue weighted by Crippen LogP contribution is -2.28. The minimum absolute atomic E-state index is 0.234. The van der Waals surface area contributed by atoms with Gasteiger partial charge < -0.3 is 5.11 Å². The van der Waals surface area contributed by atoms with Gasteiger partial charge in [0, 0.05) is 27.4 Å². The first kappa shape index (κ1) is 17.5. The average Bonchev–Trinajstić information content (AvgIpc) is 3.04. The summed E-state index contributed by atoms with van der Waals surface area (Å²) in [4.78, 5) is 1.59. The molecule has 0 amide bonds. The molecule has 1 unspecified atom stereocenters. The second-order valence-corrected chi connectivity index (χ2v) is 7.86. The summed E-state index contributed by atoms with van der Waals surface area (Å²) in [7, 11) is 0. The number of rotatable bonds is 3. The zero-order chi connectivity index (χ0) is 18.3. The van der Waals surface area contributed by atoms with Crippen molar-refractivity contribution in [2.24, 2.45) is 0 Å². The summed E-state index contributed by atoms with van der Waals surface area (Å²) in [6.45, 7) is 3.81. The molecule has 1 heterocycles. The van der Waals surface area contributed by atoms with Gasteiger partial charge in [-0.15, -0.1) is 0 Å². The Kier molecular flexibility index (Phi) is 4.47. The van der Waals surface area contributed by atoms with Gasteiger partial charge in [-0.3, -0.25) is 4.18 Å². The smallest absolute Gasteiger partial charge is 0.160 e. The molecule has 0 aliphatic carbocycles. The Balaban J connectivity index is 2.03. The molecule has 1 aliphatic heterocycles. The van der Waals surface area contributed by atoms with Crippen molar-refractivity contribution in [1.82, 2.24) is 0 Å². The molecule has 4 rings (SSSR count).